The molecular formula is C17H12N4O3. The topological polar surface area (TPSA) is 101 Å². The lowest BCUT2D eigenvalue weighted by Crippen LogP contribution is -2.22. The van der Waals surface area contributed by atoms with Gasteiger partial charge in [0.05, 0.1) is 5.52 Å². The molecule has 1 amide bonds. The number of fused-ring (bicyclic) bond motifs is 2. The molecule has 0 unspecified atom stereocenters. The third-order valence-corrected chi connectivity index (χ3v) is 3.79. The molecule has 2 aromatic heterocycles. The molecule has 24 heavy (non-hydrogen) atoms. The van der Waals surface area contributed by atoms with E-state index in [0.717, 1.165) is 5.56 Å². The van der Waals surface area contributed by atoms with Crippen LogP contribution in [0.2, 0.25) is 0 Å². The molecule has 2 heterocycles. The van der Waals surface area contributed by atoms with Crippen LogP contribution >= 0.6 is 0 Å². The minimum Gasteiger partial charge on any atom is -0.361 e. The summed E-state index contributed by atoms with van der Waals surface area (Å²) in [5.41, 5.74) is 3.23. The minimum absolute atomic E-state index is 0.0785. The number of carbonyl (C=O) groups excluding carboxylic acids is 1. The highest BCUT2D eigenvalue weighted by molar-refractivity contribution is 5.97. The molecular weight excluding hydrogens is 308 g/mol. The average molecular weight is 320 g/mol. The SMILES string of the molecule is O=C(NCc1ccc2nonc2c1)c1ccc2c(=O)cc[nH]c2c1. The van der Waals surface area contributed by atoms with Gasteiger partial charge in [-0.25, -0.2) is 4.63 Å². The first kappa shape index (κ1) is 14.1. The van der Waals surface area contributed by atoms with Crippen molar-refractivity contribution >= 4 is 27.8 Å². The van der Waals surface area contributed by atoms with Gasteiger partial charge < -0.3 is 10.3 Å². The highest BCUT2D eigenvalue weighted by atomic mass is 16.6. The van der Waals surface area contributed by atoms with Gasteiger partial charge in [0, 0.05) is 29.8 Å². The van der Waals surface area contributed by atoms with E-state index in [-0.39, 0.29) is 11.3 Å². The maximum atomic E-state index is 12.3. The predicted molar refractivity (Wildman–Crippen MR) is 87.5 cm³/mol. The van der Waals surface area contributed by atoms with Crippen molar-refractivity contribution in [2.24, 2.45) is 0 Å². The van der Waals surface area contributed by atoms with E-state index in [9.17, 15) is 9.59 Å². The number of aromatic amines is 1. The van der Waals surface area contributed by atoms with Crippen LogP contribution in [0.5, 0.6) is 0 Å². The maximum Gasteiger partial charge on any atom is 0.251 e. The van der Waals surface area contributed by atoms with Gasteiger partial charge in [-0.1, -0.05) is 6.07 Å². The highest BCUT2D eigenvalue weighted by Gasteiger charge is 2.08. The zero-order valence-corrected chi connectivity index (χ0v) is 12.4. The average Bonchev–Trinajstić information content (AvgIpc) is 3.07. The van der Waals surface area contributed by atoms with Crippen LogP contribution in [0.4, 0.5) is 0 Å². The van der Waals surface area contributed by atoms with Crippen LogP contribution in [0.1, 0.15) is 15.9 Å². The van der Waals surface area contributed by atoms with E-state index in [1.807, 2.05) is 12.1 Å². The van der Waals surface area contributed by atoms with Crippen molar-refractivity contribution in [3.05, 3.63) is 70.0 Å². The van der Waals surface area contributed by atoms with E-state index in [1.165, 1.54) is 6.07 Å². The van der Waals surface area contributed by atoms with Gasteiger partial charge in [-0.05, 0) is 46.2 Å². The van der Waals surface area contributed by atoms with Gasteiger partial charge in [-0.2, -0.15) is 0 Å². The summed E-state index contributed by atoms with van der Waals surface area (Å²) in [5, 5.41) is 10.9. The Labute approximate surface area is 135 Å². The highest BCUT2D eigenvalue weighted by Crippen LogP contribution is 2.13. The molecule has 7 heteroatoms. The van der Waals surface area contributed by atoms with E-state index in [4.69, 9.17) is 0 Å². The molecule has 0 fully saturated rings. The van der Waals surface area contributed by atoms with Crippen LogP contribution in [0.25, 0.3) is 21.9 Å². The molecule has 2 N–H and O–H groups in total. The number of rotatable bonds is 3. The number of hydrogen-bond donors (Lipinski definition) is 2. The molecule has 0 bridgehead atoms. The Kier molecular flexibility index (Phi) is 3.31. The first-order chi connectivity index (χ1) is 11.7. The predicted octanol–water partition coefficient (Wildman–Crippen LogP) is 1.99. The first-order valence-electron chi connectivity index (χ1n) is 7.31. The number of carbonyl (C=O) groups is 1. The lowest BCUT2D eigenvalue weighted by Gasteiger charge is -2.06. The number of pyridine rings is 1. The normalized spacial score (nSPS) is 11.0. The molecule has 0 atom stereocenters. The zero-order chi connectivity index (χ0) is 16.5. The number of hydrogen-bond acceptors (Lipinski definition) is 5. The molecule has 0 aliphatic rings. The number of nitrogens with one attached hydrogen (secondary N) is 2. The van der Waals surface area contributed by atoms with Crippen molar-refractivity contribution in [3.63, 3.8) is 0 Å². The van der Waals surface area contributed by atoms with Gasteiger partial charge in [0.1, 0.15) is 11.0 Å². The maximum absolute atomic E-state index is 12.3. The van der Waals surface area contributed by atoms with Crippen molar-refractivity contribution < 1.29 is 9.42 Å². The van der Waals surface area contributed by atoms with Gasteiger partial charge >= 0.3 is 0 Å². The lowest BCUT2D eigenvalue weighted by molar-refractivity contribution is 0.0951. The van der Waals surface area contributed by atoms with Crippen LogP contribution in [0.15, 0.2) is 58.1 Å². The van der Waals surface area contributed by atoms with Crippen molar-refractivity contribution in [1.82, 2.24) is 20.6 Å². The molecule has 4 rings (SSSR count). The fourth-order valence-corrected chi connectivity index (χ4v) is 2.54. The van der Waals surface area contributed by atoms with Gasteiger partial charge in [-0.3, -0.25) is 9.59 Å². The van der Waals surface area contributed by atoms with Crippen LogP contribution in [-0.2, 0) is 6.54 Å². The molecule has 0 saturated heterocycles. The standard InChI is InChI=1S/C17H12N4O3/c22-16-5-6-18-14-8-11(2-3-12(14)16)17(23)19-9-10-1-4-13-15(7-10)21-24-20-13/h1-8H,9H2,(H,18,22)(H,19,23). The number of benzene rings is 2. The van der Waals surface area contributed by atoms with Gasteiger partial charge in [0.15, 0.2) is 5.43 Å². The second-order valence-electron chi connectivity index (χ2n) is 5.37. The number of H-pyrrole nitrogens is 1. The largest absolute Gasteiger partial charge is 0.361 e. The second kappa shape index (κ2) is 5.62. The smallest absolute Gasteiger partial charge is 0.251 e. The first-order valence-corrected chi connectivity index (χ1v) is 7.31. The molecule has 0 spiro atoms. The van der Waals surface area contributed by atoms with E-state index >= 15 is 0 Å². The van der Waals surface area contributed by atoms with Crippen molar-refractivity contribution in [2.75, 3.05) is 0 Å². The number of amides is 1. The van der Waals surface area contributed by atoms with Crippen LogP contribution < -0.4 is 10.7 Å². The number of nitrogens with zero attached hydrogens (tertiary/aromatic N) is 2. The van der Waals surface area contributed by atoms with E-state index in [2.05, 4.69) is 25.2 Å². The Morgan fingerprint density at radius 3 is 2.88 bits per heavy atom. The van der Waals surface area contributed by atoms with Gasteiger partial charge in [0.2, 0.25) is 0 Å². The molecule has 118 valence electrons. The van der Waals surface area contributed by atoms with Gasteiger partial charge in [-0.15, -0.1) is 0 Å². The Balaban J connectivity index is 1.54. The summed E-state index contributed by atoms with van der Waals surface area (Å²) in [6.45, 7) is 0.352. The molecule has 2 aromatic carbocycles. The molecule has 4 aromatic rings. The summed E-state index contributed by atoms with van der Waals surface area (Å²) in [6, 6.07) is 11.9. The molecule has 7 nitrogen and oxygen atoms in total. The fourth-order valence-electron chi connectivity index (χ4n) is 2.54. The second-order valence-corrected chi connectivity index (χ2v) is 5.37. The third-order valence-electron chi connectivity index (χ3n) is 3.79. The summed E-state index contributed by atoms with van der Waals surface area (Å²) >= 11 is 0. The van der Waals surface area contributed by atoms with Crippen LogP contribution in [-0.4, -0.2) is 21.2 Å². The molecule has 0 aliphatic heterocycles. The lowest BCUT2D eigenvalue weighted by atomic mass is 10.1. The van der Waals surface area contributed by atoms with Gasteiger partial charge in [0.25, 0.3) is 5.91 Å². The molecule has 0 radical (unpaired) electrons. The summed E-state index contributed by atoms with van der Waals surface area (Å²) < 4.78 is 4.65. The fraction of sp³-hybridized carbons (Fsp3) is 0.0588. The monoisotopic (exact) mass is 320 g/mol. The summed E-state index contributed by atoms with van der Waals surface area (Å²) in [7, 11) is 0. The van der Waals surface area contributed by atoms with Crippen LogP contribution in [0.3, 0.4) is 0 Å². The summed E-state index contributed by atoms with van der Waals surface area (Å²) in [6.07, 6.45) is 1.56. The third kappa shape index (κ3) is 2.52. The Morgan fingerprint density at radius 1 is 1.08 bits per heavy atom. The van der Waals surface area contributed by atoms with Crippen molar-refractivity contribution in [3.8, 4) is 0 Å². The van der Waals surface area contributed by atoms with E-state index in [0.29, 0.717) is 34.0 Å². The Morgan fingerprint density at radius 2 is 1.96 bits per heavy atom. The molecule has 0 saturated carbocycles. The quantitative estimate of drug-likeness (QED) is 0.601. The summed E-state index contributed by atoms with van der Waals surface area (Å²) in [5.74, 6) is -0.222. The Hall–Kier alpha value is -3.48. The van der Waals surface area contributed by atoms with Crippen LogP contribution in [0, 0.1) is 0 Å². The zero-order valence-electron chi connectivity index (χ0n) is 12.4. The Bertz CT molecular complexity index is 1110. The minimum atomic E-state index is -0.222. The summed E-state index contributed by atoms with van der Waals surface area (Å²) in [4.78, 5) is 27.0. The van der Waals surface area contributed by atoms with E-state index in [1.54, 1.807) is 30.5 Å². The van der Waals surface area contributed by atoms with E-state index < -0.39 is 0 Å². The molecule has 0 aliphatic carbocycles. The number of aromatic nitrogens is 3. The van der Waals surface area contributed by atoms with Crippen molar-refractivity contribution in [2.45, 2.75) is 6.54 Å². The van der Waals surface area contributed by atoms with Crippen molar-refractivity contribution in [1.29, 1.82) is 0 Å².